The second kappa shape index (κ2) is 5.88. The first-order valence-corrected chi connectivity index (χ1v) is 6.65. The van der Waals surface area contributed by atoms with E-state index in [9.17, 15) is 23.3 Å². The number of nitro groups is 1. The number of benzene rings is 2. The first-order chi connectivity index (χ1) is 9.79. The van der Waals surface area contributed by atoms with Gasteiger partial charge in [-0.3, -0.25) is 10.1 Å². The van der Waals surface area contributed by atoms with Gasteiger partial charge in [0.05, 0.1) is 8.49 Å². The number of ether oxygens (including phenoxy) is 1. The van der Waals surface area contributed by atoms with Crippen molar-refractivity contribution in [3.05, 3.63) is 61.7 Å². The summed E-state index contributed by atoms with van der Waals surface area (Å²) >= 11 is 1.92. The minimum atomic E-state index is -4.75. The molecule has 0 spiro atoms. The number of rotatable bonds is 3. The average molecular weight is 409 g/mol. The fourth-order valence-corrected chi connectivity index (χ4v) is 2.09. The highest BCUT2D eigenvalue weighted by Gasteiger charge is 2.36. The highest BCUT2D eigenvalue weighted by atomic mass is 127. The van der Waals surface area contributed by atoms with Gasteiger partial charge in [-0.25, -0.2) is 0 Å². The van der Waals surface area contributed by atoms with Gasteiger partial charge in [0.1, 0.15) is 17.1 Å². The monoisotopic (exact) mass is 409 g/mol. The average Bonchev–Trinajstić information content (AvgIpc) is 2.40. The standard InChI is InChI=1S/C13H7F3INO3/c14-13(15,16)9-7-8(18(19)20)5-6-11(9)21-12-4-2-1-3-10(12)17/h1-7H. The first-order valence-electron chi connectivity index (χ1n) is 5.57. The highest BCUT2D eigenvalue weighted by Crippen LogP contribution is 2.40. The largest absolute Gasteiger partial charge is 0.456 e. The van der Waals surface area contributed by atoms with Gasteiger partial charge in [-0.1, -0.05) is 12.1 Å². The molecule has 0 aliphatic rings. The molecule has 2 aromatic rings. The third kappa shape index (κ3) is 3.63. The fraction of sp³-hybridized carbons (Fsp3) is 0.0769. The van der Waals surface area contributed by atoms with E-state index in [1.165, 1.54) is 6.07 Å². The molecule has 0 N–H and O–H groups in total. The van der Waals surface area contributed by atoms with Gasteiger partial charge in [0.25, 0.3) is 5.69 Å². The lowest BCUT2D eigenvalue weighted by atomic mass is 10.1. The molecule has 8 heteroatoms. The van der Waals surface area contributed by atoms with Gasteiger partial charge in [0, 0.05) is 12.1 Å². The molecule has 0 aromatic heterocycles. The third-order valence-corrected chi connectivity index (χ3v) is 3.43. The summed E-state index contributed by atoms with van der Waals surface area (Å²) in [5, 5.41) is 10.6. The molecule has 21 heavy (non-hydrogen) atoms. The molecule has 2 rings (SSSR count). The summed E-state index contributed by atoms with van der Waals surface area (Å²) in [6.45, 7) is 0. The predicted octanol–water partition coefficient (Wildman–Crippen LogP) is 5.01. The highest BCUT2D eigenvalue weighted by molar-refractivity contribution is 14.1. The van der Waals surface area contributed by atoms with E-state index in [0.717, 1.165) is 12.1 Å². The summed E-state index contributed by atoms with van der Waals surface area (Å²) in [5.74, 6) is -0.227. The summed E-state index contributed by atoms with van der Waals surface area (Å²) in [6, 6.07) is 8.92. The van der Waals surface area contributed by atoms with Gasteiger partial charge in [-0.05, 0) is 40.8 Å². The van der Waals surface area contributed by atoms with Crippen LogP contribution in [0.25, 0.3) is 0 Å². The van der Waals surface area contributed by atoms with Crippen LogP contribution in [0.2, 0.25) is 0 Å². The maximum atomic E-state index is 13.0. The molecule has 2 aromatic carbocycles. The van der Waals surface area contributed by atoms with Gasteiger partial charge < -0.3 is 4.74 Å². The number of nitrogens with zero attached hydrogens (tertiary/aromatic N) is 1. The molecule has 0 aliphatic heterocycles. The predicted molar refractivity (Wildman–Crippen MR) is 77.3 cm³/mol. The van der Waals surface area contributed by atoms with Crippen molar-refractivity contribution in [1.29, 1.82) is 0 Å². The molecule has 4 nitrogen and oxygen atoms in total. The summed E-state index contributed by atoms with van der Waals surface area (Å²) in [7, 11) is 0. The Labute approximate surface area is 130 Å². The number of hydrogen-bond acceptors (Lipinski definition) is 3. The molecule has 0 fully saturated rings. The van der Waals surface area contributed by atoms with Gasteiger partial charge >= 0.3 is 6.18 Å². The zero-order valence-electron chi connectivity index (χ0n) is 10.2. The van der Waals surface area contributed by atoms with E-state index in [4.69, 9.17) is 4.74 Å². The topological polar surface area (TPSA) is 52.4 Å². The van der Waals surface area contributed by atoms with Crippen molar-refractivity contribution in [3.63, 3.8) is 0 Å². The van der Waals surface area contributed by atoms with E-state index in [1.807, 2.05) is 22.6 Å². The Morgan fingerprint density at radius 2 is 1.76 bits per heavy atom. The maximum Gasteiger partial charge on any atom is 0.420 e. The molecule has 0 radical (unpaired) electrons. The molecular formula is C13H7F3INO3. The summed E-state index contributed by atoms with van der Waals surface area (Å²) in [5.41, 5.74) is -1.83. The maximum absolute atomic E-state index is 13.0. The van der Waals surface area contributed by atoms with Crippen LogP contribution in [-0.4, -0.2) is 4.92 Å². The van der Waals surface area contributed by atoms with E-state index >= 15 is 0 Å². The van der Waals surface area contributed by atoms with E-state index < -0.39 is 28.1 Å². The molecule has 0 bridgehead atoms. The molecule has 0 heterocycles. The molecule has 0 aliphatic carbocycles. The Hall–Kier alpha value is -1.84. The van der Waals surface area contributed by atoms with Crippen molar-refractivity contribution in [2.75, 3.05) is 0 Å². The van der Waals surface area contributed by atoms with Crippen LogP contribution in [0.15, 0.2) is 42.5 Å². The van der Waals surface area contributed by atoms with Crippen LogP contribution >= 0.6 is 22.6 Å². The van der Waals surface area contributed by atoms with Crippen LogP contribution < -0.4 is 4.74 Å². The van der Waals surface area contributed by atoms with E-state index in [0.29, 0.717) is 9.64 Å². The number of non-ortho nitro benzene ring substituents is 1. The van der Waals surface area contributed by atoms with Crippen LogP contribution in [0.3, 0.4) is 0 Å². The molecular weight excluding hydrogens is 402 g/mol. The van der Waals surface area contributed by atoms with Crippen molar-refractivity contribution in [2.24, 2.45) is 0 Å². The Kier molecular flexibility index (Phi) is 4.35. The summed E-state index contributed by atoms with van der Waals surface area (Å²) in [6.07, 6.45) is -4.75. The first kappa shape index (κ1) is 15.5. The lowest BCUT2D eigenvalue weighted by Gasteiger charge is -2.14. The number of hydrogen-bond donors (Lipinski definition) is 0. The van der Waals surface area contributed by atoms with Gasteiger partial charge in [0.2, 0.25) is 0 Å². The normalized spacial score (nSPS) is 11.2. The molecule has 0 unspecified atom stereocenters. The number of nitro benzene ring substituents is 1. The van der Waals surface area contributed by atoms with E-state index in [2.05, 4.69) is 0 Å². The quantitative estimate of drug-likeness (QED) is 0.407. The van der Waals surface area contributed by atoms with E-state index in [-0.39, 0.29) is 5.75 Å². The zero-order chi connectivity index (χ0) is 15.6. The van der Waals surface area contributed by atoms with Crippen molar-refractivity contribution >= 4 is 28.3 Å². The Bertz CT molecular complexity index is 689. The van der Waals surface area contributed by atoms with Gasteiger partial charge in [-0.2, -0.15) is 13.2 Å². The number of halogens is 4. The van der Waals surface area contributed by atoms with Crippen molar-refractivity contribution in [3.8, 4) is 11.5 Å². The molecule has 0 atom stereocenters. The smallest absolute Gasteiger partial charge is 0.420 e. The molecule has 0 amide bonds. The zero-order valence-corrected chi connectivity index (χ0v) is 12.4. The van der Waals surface area contributed by atoms with Crippen molar-refractivity contribution < 1.29 is 22.8 Å². The van der Waals surface area contributed by atoms with Crippen molar-refractivity contribution in [1.82, 2.24) is 0 Å². The van der Waals surface area contributed by atoms with Gasteiger partial charge in [-0.15, -0.1) is 0 Å². The van der Waals surface area contributed by atoms with Crippen LogP contribution in [0.5, 0.6) is 11.5 Å². The minimum Gasteiger partial charge on any atom is -0.456 e. The van der Waals surface area contributed by atoms with Crippen LogP contribution in [0.1, 0.15) is 5.56 Å². The van der Waals surface area contributed by atoms with Crippen molar-refractivity contribution in [2.45, 2.75) is 6.18 Å². The third-order valence-electron chi connectivity index (χ3n) is 2.54. The minimum absolute atomic E-state index is 0.248. The Morgan fingerprint density at radius 3 is 2.33 bits per heavy atom. The van der Waals surface area contributed by atoms with Gasteiger partial charge in [0.15, 0.2) is 0 Å². The fourth-order valence-electron chi connectivity index (χ4n) is 1.59. The summed E-state index contributed by atoms with van der Waals surface area (Å²) < 4.78 is 44.8. The van der Waals surface area contributed by atoms with Crippen LogP contribution in [0.4, 0.5) is 18.9 Å². The number of alkyl halides is 3. The second-order valence-corrected chi connectivity index (χ2v) is 5.13. The Balaban J connectivity index is 2.48. The lowest BCUT2D eigenvalue weighted by Crippen LogP contribution is -2.08. The van der Waals surface area contributed by atoms with Crippen LogP contribution in [0, 0.1) is 13.7 Å². The summed E-state index contributed by atoms with van der Waals surface area (Å²) in [4.78, 5) is 9.72. The lowest BCUT2D eigenvalue weighted by molar-refractivity contribution is -0.385. The second-order valence-electron chi connectivity index (χ2n) is 3.97. The van der Waals surface area contributed by atoms with E-state index in [1.54, 1.807) is 18.2 Å². The SMILES string of the molecule is O=[N+]([O-])c1ccc(Oc2ccccc2I)c(C(F)(F)F)c1. The molecule has 0 saturated carbocycles. The molecule has 110 valence electrons. The van der Waals surface area contributed by atoms with Crippen LogP contribution in [-0.2, 0) is 6.18 Å². The number of para-hydroxylation sites is 1. The molecule has 0 saturated heterocycles. The Morgan fingerprint density at radius 1 is 1.10 bits per heavy atom.